The summed E-state index contributed by atoms with van der Waals surface area (Å²) in [5.41, 5.74) is 0.893. The molecule has 1 rings (SSSR count). The molecule has 1 atom stereocenters. The first-order chi connectivity index (χ1) is 9.13. The third kappa shape index (κ3) is 6.56. The van der Waals surface area contributed by atoms with Crippen LogP contribution < -0.4 is 4.74 Å². The minimum atomic E-state index is -0.108. The monoisotopic (exact) mass is 278 g/mol. The number of hydrogen-bond acceptors (Lipinski definition) is 3. The second-order valence-electron chi connectivity index (χ2n) is 4.65. The van der Waals surface area contributed by atoms with Crippen LogP contribution in [0, 0.1) is 17.8 Å². The minimum absolute atomic E-state index is 0.108. The van der Waals surface area contributed by atoms with Gasteiger partial charge in [-0.05, 0) is 30.2 Å². The molecule has 0 aliphatic rings. The number of aliphatic hydroxyl groups is 1. The second kappa shape index (κ2) is 8.90. The smallest absolute Gasteiger partial charge is 0.119 e. The van der Waals surface area contributed by atoms with Crippen LogP contribution in [-0.2, 0) is 0 Å². The van der Waals surface area contributed by atoms with Crippen molar-refractivity contribution >= 4 is 11.8 Å². The molecule has 1 aromatic rings. The van der Waals surface area contributed by atoms with E-state index in [9.17, 15) is 0 Å². The van der Waals surface area contributed by atoms with E-state index in [0.29, 0.717) is 11.2 Å². The maximum atomic E-state index is 8.61. The highest BCUT2D eigenvalue weighted by Crippen LogP contribution is 2.19. The van der Waals surface area contributed by atoms with Gasteiger partial charge in [-0.15, -0.1) is 0 Å². The van der Waals surface area contributed by atoms with Crippen LogP contribution in [0.4, 0.5) is 0 Å². The Morgan fingerprint density at radius 1 is 1.21 bits per heavy atom. The highest BCUT2D eigenvalue weighted by molar-refractivity contribution is 7.99. The van der Waals surface area contributed by atoms with Crippen LogP contribution in [0.5, 0.6) is 5.75 Å². The highest BCUT2D eigenvalue weighted by Gasteiger charge is 2.06. The Morgan fingerprint density at radius 2 is 1.89 bits per heavy atom. The lowest BCUT2D eigenvalue weighted by Crippen LogP contribution is -2.09. The van der Waals surface area contributed by atoms with Gasteiger partial charge in [0.25, 0.3) is 0 Å². The van der Waals surface area contributed by atoms with Gasteiger partial charge in [-0.1, -0.05) is 32.6 Å². The largest absolute Gasteiger partial charge is 0.493 e. The lowest BCUT2D eigenvalue weighted by Gasteiger charge is -2.14. The van der Waals surface area contributed by atoms with Crippen molar-refractivity contribution in [3.8, 4) is 17.6 Å². The Morgan fingerprint density at radius 3 is 2.47 bits per heavy atom. The maximum absolute atomic E-state index is 8.61. The van der Waals surface area contributed by atoms with Crippen molar-refractivity contribution in [1.29, 1.82) is 0 Å². The Labute approximate surface area is 120 Å². The molecule has 2 nitrogen and oxygen atoms in total. The molecule has 0 aliphatic carbocycles. The number of rotatable bonds is 6. The minimum Gasteiger partial charge on any atom is -0.493 e. The van der Waals surface area contributed by atoms with Gasteiger partial charge in [0.1, 0.15) is 12.4 Å². The molecule has 0 bridgehead atoms. The SMILES string of the molecule is CC(C)C(C)SCCOc1ccc(C#CCO)cc1. The summed E-state index contributed by atoms with van der Waals surface area (Å²) in [6.07, 6.45) is 0. The zero-order valence-electron chi connectivity index (χ0n) is 11.8. The first-order valence-corrected chi connectivity index (χ1v) is 7.62. The Bertz CT molecular complexity index is 415. The van der Waals surface area contributed by atoms with E-state index in [2.05, 4.69) is 32.6 Å². The van der Waals surface area contributed by atoms with E-state index in [0.717, 1.165) is 23.7 Å². The third-order valence-corrected chi connectivity index (χ3v) is 4.31. The van der Waals surface area contributed by atoms with Crippen LogP contribution in [0.15, 0.2) is 24.3 Å². The van der Waals surface area contributed by atoms with Gasteiger partial charge < -0.3 is 9.84 Å². The molecular formula is C16H22O2S. The van der Waals surface area contributed by atoms with E-state index in [1.165, 1.54) is 0 Å². The van der Waals surface area contributed by atoms with E-state index in [4.69, 9.17) is 9.84 Å². The molecule has 1 aromatic carbocycles. The molecule has 1 N–H and O–H groups in total. The van der Waals surface area contributed by atoms with Crippen LogP contribution in [0.3, 0.4) is 0 Å². The van der Waals surface area contributed by atoms with Gasteiger partial charge in [0.2, 0.25) is 0 Å². The number of thioether (sulfide) groups is 1. The van der Waals surface area contributed by atoms with Gasteiger partial charge in [-0.25, -0.2) is 0 Å². The average Bonchev–Trinajstić information content (AvgIpc) is 2.42. The summed E-state index contributed by atoms with van der Waals surface area (Å²) in [5.74, 6) is 8.05. The van der Waals surface area contributed by atoms with Crippen LogP contribution in [0.2, 0.25) is 0 Å². The van der Waals surface area contributed by atoms with Crippen molar-refractivity contribution in [2.75, 3.05) is 19.0 Å². The zero-order valence-corrected chi connectivity index (χ0v) is 12.7. The molecule has 0 amide bonds. The number of ether oxygens (including phenoxy) is 1. The molecule has 0 aliphatic heterocycles. The zero-order chi connectivity index (χ0) is 14.1. The van der Waals surface area contributed by atoms with E-state index in [1.807, 2.05) is 36.0 Å². The van der Waals surface area contributed by atoms with Crippen LogP contribution in [0.25, 0.3) is 0 Å². The highest BCUT2D eigenvalue weighted by atomic mass is 32.2. The fourth-order valence-corrected chi connectivity index (χ4v) is 2.30. The van der Waals surface area contributed by atoms with E-state index in [-0.39, 0.29) is 6.61 Å². The van der Waals surface area contributed by atoms with Crippen molar-refractivity contribution in [3.63, 3.8) is 0 Å². The molecule has 0 saturated carbocycles. The molecule has 0 fully saturated rings. The fraction of sp³-hybridized carbons (Fsp3) is 0.500. The lowest BCUT2D eigenvalue weighted by molar-refractivity contribution is 0.343. The first kappa shape index (κ1) is 15.9. The van der Waals surface area contributed by atoms with E-state index in [1.54, 1.807) is 0 Å². The maximum Gasteiger partial charge on any atom is 0.119 e. The van der Waals surface area contributed by atoms with Gasteiger partial charge in [0.15, 0.2) is 0 Å². The fourth-order valence-electron chi connectivity index (χ4n) is 1.36. The third-order valence-electron chi connectivity index (χ3n) is 2.84. The Hall–Kier alpha value is -1.11. The molecule has 0 aromatic heterocycles. The summed E-state index contributed by atoms with van der Waals surface area (Å²) in [6.45, 7) is 7.35. The van der Waals surface area contributed by atoms with Gasteiger partial charge in [-0.3, -0.25) is 0 Å². The van der Waals surface area contributed by atoms with Crippen LogP contribution in [0.1, 0.15) is 26.3 Å². The molecule has 19 heavy (non-hydrogen) atoms. The lowest BCUT2D eigenvalue weighted by atomic mass is 10.2. The van der Waals surface area contributed by atoms with Crippen LogP contribution >= 0.6 is 11.8 Å². The van der Waals surface area contributed by atoms with Crippen molar-refractivity contribution in [2.24, 2.45) is 5.92 Å². The van der Waals surface area contributed by atoms with E-state index >= 15 is 0 Å². The number of aliphatic hydroxyl groups excluding tert-OH is 1. The molecular weight excluding hydrogens is 256 g/mol. The quantitative estimate of drug-likeness (QED) is 0.640. The van der Waals surface area contributed by atoms with Gasteiger partial charge in [-0.2, -0.15) is 11.8 Å². The number of hydrogen-bond donors (Lipinski definition) is 1. The van der Waals surface area contributed by atoms with Crippen LogP contribution in [-0.4, -0.2) is 29.3 Å². The predicted octanol–water partition coefficient (Wildman–Crippen LogP) is 3.19. The Kier molecular flexibility index (Phi) is 7.47. The first-order valence-electron chi connectivity index (χ1n) is 6.57. The summed E-state index contributed by atoms with van der Waals surface area (Å²) in [7, 11) is 0. The van der Waals surface area contributed by atoms with Gasteiger partial charge in [0, 0.05) is 16.6 Å². The van der Waals surface area contributed by atoms with Crippen molar-refractivity contribution in [1.82, 2.24) is 0 Å². The van der Waals surface area contributed by atoms with Crippen molar-refractivity contribution < 1.29 is 9.84 Å². The molecule has 104 valence electrons. The normalized spacial score (nSPS) is 11.8. The standard InChI is InChI=1S/C16H22O2S/c1-13(2)14(3)19-12-11-18-16-8-6-15(7-9-16)5-4-10-17/h6-9,13-14,17H,10-12H2,1-3H3. The summed E-state index contributed by atoms with van der Waals surface area (Å²) < 4.78 is 5.68. The van der Waals surface area contributed by atoms with Crippen molar-refractivity contribution in [3.05, 3.63) is 29.8 Å². The Balaban J connectivity index is 2.30. The number of benzene rings is 1. The summed E-state index contributed by atoms with van der Waals surface area (Å²) >= 11 is 1.94. The molecule has 0 radical (unpaired) electrons. The molecule has 3 heteroatoms. The second-order valence-corrected chi connectivity index (χ2v) is 6.14. The summed E-state index contributed by atoms with van der Waals surface area (Å²) in [5, 5.41) is 9.27. The van der Waals surface area contributed by atoms with E-state index < -0.39 is 0 Å². The van der Waals surface area contributed by atoms with Gasteiger partial charge in [0.05, 0.1) is 6.61 Å². The predicted molar refractivity (Wildman–Crippen MR) is 82.7 cm³/mol. The molecule has 0 heterocycles. The molecule has 1 unspecified atom stereocenters. The van der Waals surface area contributed by atoms with Crippen molar-refractivity contribution in [2.45, 2.75) is 26.0 Å². The summed E-state index contributed by atoms with van der Waals surface area (Å²) in [4.78, 5) is 0. The summed E-state index contributed by atoms with van der Waals surface area (Å²) in [6, 6.07) is 7.64. The topological polar surface area (TPSA) is 29.5 Å². The molecule has 0 saturated heterocycles. The molecule has 0 spiro atoms. The average molecular weight is 278 g/mol. The van der Waals surface area contributed by atoms with Gasteiger partial charge >= 0.3 is 0 Å².